The third kappa shape index (κ3) is 4.62. The first kappa shape index (κ1) is 16.1. The summed E-state index contributed by atoms with van der Waals surface area (Å²) in [4.78, 5) is 1.26. The van der Waals surface area contributed by atoms with Gasteiger partial charge in [0.1, 0.15) is 0 Å². The van der Waals surface area contributed by atoms with E-state index < -0.39 is 10.0 Å². The molecule has 21 heavy (non-hydrogen) atoms. The highest BCUT2D eigenvalue weighted by Gasteiger charge is 2.12. The van der Waals surface area contributed by atoms with Crippen LogP contribution in [-0.4, -0.2) is 14.7 Å². The van der Waals surface area contributed by atoms with Crippen molar-refractivity contribution in [2.75, 3.05) is 16.3 Å². The molecule has 0 saturated carbocycles. The lowest BCUT2D eigenvalue weighted by molar-refractivity contribution is 0.607. The van der Waals surface area contributed by atoms with Gasteiger partial charge in [-0.3, -0.25) is 4.72 Å². The van der Waals surface area contributed by atoms with Gasteiger partial charge in [-0.05, 0) is 36.1 Å². The van der Waals surface area contributed by atoms with Crippen molar-refractivity contribution in [2.45, 2.75) is 19.4 Å². The maximum Gasteiger partial charge on any atom is 0.229 e. The average Bonchev–Trinajstić information content (AvgIpc) is 2.91. The molecule has 0 bridgehead atoms. The van der Waals surface area contributed by atoms with Gasteiger partial charge in [0.15, 0.2) is 0 Å². The minimum Gasteiger partial charge on any atom is -0.377 e. The number of rotatable bonds is 6. The van der Waals surface area contributed by atoms with E-state index >= 15 is 0 Å². The molecule has 0 aliphatic rings. The first-order chi connectivity index (χ1) is 9.89. The second kappa shape index (κ2) is 6.68. The first-order valence-electron chi connectivity index (χ1n) is 6.46. The van der Waals surface area contributed by atoms with Crippen LogP contribution in [0.5, 0.6) is 0 Å². The predicted octanol–water partition coefficient (Wildman–Crippen LogP) is 4.34. The molecular formula is C14H17ClN2O2S2. The molecule has 114 valence electrons. The molecule has 1 heterocycles. The van der Waals surface area contributed by atoms with Crippen molar-refractivity contribution in [3.63, 3.8) is 0 Å². The van der Waals surface area contributed by atoms with Crippen molar-refractivity contribution in [1.29, 1.82) is 0 Å². The number of halogens is 1. The molecular weight excluding hydrogens is 328 g/mol. The summed E-state index contributed by atoms with van der Waals surface area (Å²) < 4.78 is 24.9. The number of hydrogen-bond acceptors (Lipinski definition) is 4. The predicted molar refractivity (Wildman–Crippen MR) is 90.9 cm³/mol. The standard InChI is InChI=1S/C14H17ClN2O2S2/c1-3-12(14-5-4-8-20-14)16-10-6-7-13(11(15)9-10)17-21(2,18)19/h4-9,12,16-17H,3H2,1-2H3. The molecule has 2 aromatic rings. The first-order valence-corrected chi connectivity index (χ1v) is 9.61. The second-order valence-electron chi connectivity index (χ2n) is 4.69. The van der Waals surface area contributed by atoms with Gasteiger partial charge in [0, 0.05) is 10.6 Å². The lowest BCUT2D eigenvalue weighted by Gasteiger charge is -2.18. The molecule has 1 unspecified atom stereocenters. The normalized spacial score (nSPS) is 12.9. The Balaban J connectivity index is 2.16. The average molecular weight is 345 g/mol. The van der Waals surface area contributed by atoms with Crippen LogP contribution in [0.25, 0.3) is 0 Å². The molecule has 2 rings (SSSR count). The van der Waals surface area contributed by atoms with E-state index in [-0.39, 0.29) is 6.04 Å². The topological polar surface area (TPSA) is 58.2 Å². The third-order valence-electron chi connectivity index (χ3n) is 2.90. The van der Waals surface area contributed by atoms with Gasteiger partial charge in [0.05, 0.1) is 23.0 Å². The van der Waals surface area contributed by atoms with Crippen molar-refractivity contribution in [1.82, 2.24) is 0 Å². The van der Waals surface area contributed by atoms with Gasteiger partial charge in [-0.1, -0.05) is 24.6 Å². The minimum atomic E-state index is -3.33. The molecule has 1 atom stereocenters. The monoisotopic (exact) mass is 344 g/mol. The van der Waals surface area contributed by atoms with Crippen LogP contribution in [0.3, 0.4) is 0 Å². The summed E-state index contributed by atoms with van der Waals surface area (Å²) in [5.74, 6) is 0. The Morgan fingerprint density at radius 1 is 1.33 bits per heavy atom. The zero-order chi connectivity index (χ0) is 15.5. The molecule has 0 amide bonds. The highest BCUT2D eigenvalue weighted by Crippen LogP contribution is 2.30. The molecule has 2 N–H and O–H groups in total. The lowest BCUT2D eigenvalue weighted by atomic mass is 10.1. The summed E-state index contributed by atoms with van der Waals surface area (Å²) in [7, 11) is -3.33. The fourth-order valence-electron chi connectivity index (χ4n) is 1.95. The van der Waals surface area contributed by atoms with Crippen LogP contribution < -0.4 is 10.0 Å². The number of sulfonamides is 1. The van der Waals surface area contributed by atoms with Crippen LogP contribution in [0.4, 0.5) is 11.4 Å². The fourth-order valence-corrected chi connectivity index (χ4v) is 3.68. The van der Waals surface area contributed by atoms with E-state index in [0.717, 1.165) is 18.4 Å². The second-order valence-corrected chi connectivity index (χ2v) is 7.82. The lowest BCUT2D eigenvalue weighted by Crippen LogP contribution is -2.11. The maximum absolute atomic E-state index is 11.2. The zero-order valence-corrected chi connectivity index (χ0v) is 14.1. The quantitative estimate of drug-likeness (QED) is 0.819. The van der Waals surface area contributed by atoms with Crippen molar-refractivity contribution < 1.29 is 8.42 Å². The number of anilines is 2. The number of benzene rings is 1. The van der Waals surface area contributed by atoms with E-state index in [1.54, 1.807) is 23.5 Å². The molecule has 0 fully saturated rings. The van der Waals surface area contributed by atoms with Gasteiger partial charge < -0.3 is 5.32 Å². The van der Waals surface area contributed by atoms with E-state index in [1.165, 1.54) is 4.88 Å². The molecule has 0 spiro atoms. The number of hydrogen-bond donors (Lipinski definition) is 2. The van der Waals surface area contributed by atoms with E-state index in [0.29, 0.717) is 10.7 Å². The van der Waals surface area contributed by atoms with E-state index in [4.69, 9.17) is 11.6 Å². The van der Waals surface area contributed by atoms with Gasteiger partial charge in [-0.2, -0.15) is 0 Å². The summed E-state index contributed by atoms with van der Waals surface area (Å²) in [6.07, 6.45) is 2.04. The molecule has 0 aliphatic heterocycles. The summed E-state index contributed by atoms with van der Waals surface area (Å²) in [6.45, 7) is 2.11. The highest BCUT2D eigenvalue weighted by atomic mass is 35.5. The smallest absolute Gasteiger partial charge is 0.229 e. The summed E-state index contributed by atoms with van der Waals surface area (Å²) >= 11 is 7.83. The van der Waals surface area contributed by atoms with Crippen molar-refractivity contribution in [3.8, 4) is 0 Å². The Hall–Kier alpha value is -1.24. The van der Waals surface area contributed by atoms with Gasteiger partial charge in [0.2, 0.25) is 10.0 Å². The summed E-state index contributed by atoms with van der Waals surface area (Å²) in [6, 6.07) is 9.53. The summed E-state index contributed by atoms with van der Waals surface area (Å²) in [5, 5.41) is 5.83. The Morgan fingerprint density at radius 2 is 2.10 bits per heavy atom. The molecule has 0 radical (unpaired) electrons. The van der Waals surface area contributed by atoms with Crippen LogP contribution >= 0.6 is 22.9 Å². The van der Waals surface area contributed by atoms with Gasteiger partial charge in [-0.15, -0.1) is 11.3 Å². The molecule has 1 aromatic carbocycles. The Morgan fingerprint density at radius 3 is 2.62 bits per heavy atom. The molecule has 7 heteroatoms. The third-order valence-corrected chi connectivity index (χ3v) is 4.79. The molecule has 0 aliphatic carbocycles. The fraction of sp³-hybridized carbons (Fsp3) is 0.286. The summed E-state index contributed by atoms with van der Waals surface area (Å²) in [5.41, 5.74) is 1.24. The van der Waals surface area contributed by atoms with E-state index in [1.807, 2.05) is 17.5 Å². The van der Waals surface area contributed by atoms with Crippen LogP contribution in [0, 0.1) is 0 Å². The Labute approximate surface area is 134 Å². The maximum atomic E-state index is 11.2. The largest absolute Gasteiger partial charge is 0.377 e. The number of nitrogens with one attached hydrogen (secondary N) is 2. The van der Waals surface area contributed by atoms with Crippen LogP contribution in [-0.2, 0) is 10.0 Å². The van der Waals surface area contributed by atoms with Crippen molar-refractivity contribution in [2.24, 2.45) is 0 Å². The van der Waals surface area contributed by atoms with Crippen LogP contribution in [0.15, 0.2) is 35.7 Å². The SMILES string of the molecule is CCC(Nc1ccc(NS(C)(=O)=O)c(Cl)c1)c1cccs1. The molecule has 4 nitrogen and oxygen atoms in total. The number of thiophene rings is 1. The Kier molecular flexibility index (Phi) is 5.13. The highest BCUT2D eigenvalue weighted by molar-refractivity contribution is 7.92. The van der Waals surface area contributed by atoms with E-state index in [9.17, 15) is 8.42 Å². The van der Waals surface area contributed by atoms with Crippen LogP contribution in [0.1, 0.15) is 24.3 Å². The Bertz CT molecular complexity index is 700. The zero-order valence-electron chi connectivity index (χ0n) is 11.8. The van der Waals surface area contributed by atoms with Crippen LogP contribution in [0.2, 0.25) is 5.02 Å². The van der Waals surface area contributed by atoms with Gasteiger partial charge in [0.25, 0.3) is 0 Å². The van der Waals surface area contributed by atoms with Crippen molar-refractivity contribution >= 4 is 44.3 Å². The van der Waals surface area contributed by atoms with Gasteiger partial charge in [-0.25, -0.2) is 8.42 Å². The molecule has 0 saturated heterocycles. The van der Waals surface area contributed by atoms with Crippen molar-refractivity contribution in [3.05, 3.63) is 45.6 Å². The minimum absolute atomic E-state index is 0.217. The molecule has 1 aromatic heterocycles. The van der Waals surface area contributed by atoms with E-state index in [2.05, 4.69) is 23.0 Å². The van der Waals surface area contributed by atoms with Gasteiger partial charge >= 0.3 is 0 Å².